The largest absolute Gasteiger partial charge is 0.481 e. The zero-order valence-corrected chi connectivity index (χ0v) is 11.9. The van der Waals surface area contributed by atoms with E-state index in [0.29, 0.717) is 12.5 Å². The molecule has 0 saturated carbocycles. The Labute approximate surface area is 119 Å². The number of rotatable bonds is 7. The molecule has 4 nitrogen and oxygen atoms in total. The molecule has 1 N–H and O–H groups in total. The third-order valence-electron chi connectivity index (χ3n) is 2.99. The van der Waals surface area contributed by atoms with Gasteiger partial charge < -0.3 is 14.8 Å². The van der Waals surface area contributed by atoms with Crippen LogP contribution in [0.3, 0.4) is 0 Å². The molecule has 20 heavy (non-hydrogen) atoms. The highest BCUT2D eigenvalue weighted by molar-refractivity contribution is 5.26. The molecule has 0 fully saturated rings. The molecule has 2 aromatic rings. The van der Waals surface area contributed by atoms with E-state index in [9.17, 15) is 0 Å². The van der Waals surface area contributed by atoms with Crippen molar-refractivity contribution >= 4 is 0 Å². The molecule has 4 heteroatoms. The molecule has 0 bridgehead atoms. The molecular formula is C16H20N2O2. The Morgan fingerprint density at radius 2 is 1.90 bits per heavy atom. The maximum atomic E-state index is 5.23. The summed E-state index contributed by atoms with van der Waals surface area (Å²) in [5.41, 5.74) is 3.48. The molecule has 106 valence electrons. The van der Waals surface area contributed by atoms with Gasteiger partial charge in [0.1, 0.15) is 0 Å². The lowest BCUT2D eigenvalue weighted by molar-refractivity contribution is 0.185. The molecule has 0 atom stereocenters. The van der Waals surface area contributed by atoms with E-state index in [4.69, 9.17) is 9.47 Å². The fourth-order valence-corrected chi connectivity index (χ4v) is 2.08. The summed E-state index contributed by atoms with van der Waals surface area (Å²) in [4.78, 5) is 4.18. The van der Waals surface area contributed by atoms with Crippen LogP contribution in [0.4, 0.5) is 0 Å². The van der Waals surface area contributed by atoms with E-state index in [1.807, 2.05) is 12.1 Å². The van der Waals surface area contributed by atoms with Crippen LogP contribution >= 0.6 is 0 Å². The van der Waals surface area contributed by atoms with Crippen molar-refractivity contribution in [2.45, 2.75) is 19.7 Å². The van der Waals surface area contributed by atoms with Crippen LogP contribution in [0.2, 0.25) is 0 Å². The fraction of sp³-hybridized carbons (Fsp3) is 0.312. The molecule has 0 saturated heterocycles. The Hall–Kier alpha value is -1.91. The van der Waals surface area contributed by atoms with Crippen molar-refractivity contribution in [3.8, 4) is 5.88 Å². The second-order valence-corrected chi connectivity index (χ2v) is 4.53. The van der Waals surface area contributed by atoms with Crippen molar-refractivity contribution in [2.75, 3.05) is 14.2 Å². The normalized spacial score (nSPS) is 10.5. The molecule has 0 amide bonds. The van der Waals surface area contributed by atoms with Gasteiger partial charge in [-0.1, -0.05) is 30.3 Å². The summed E-state index contributed by atoms with van der Waals surface area (Å²) in [6, 6.07) is 12.3. The monoisotopic (exact) mass is 272 g/mol. The van der Waals surface area contributed by atoms with Crippen molar-refractivity contribution in [3.63, 3.8) is 0 Å². The summed E-state index contributed by atoms with van der Waals surface area (Å²) in [6.45, 7) is 2.17. The van der Waals surface area contributed by atoms with Gasteiger partial charge in [0, 0.05) is 32.0 Å². The van der Waals surface area contributed by atoms with Gasteiger partial charge in [-0.15, -0.1) is 0 Å². The lowest BCUT2D eigenvalue weighted by Crippen LogP contribution is -2.13. The Balaban J connectivity index is 1.91. The average Bonchev–Trinajstić information content (AvgIpc) is 2.48. The van der Waals surface area contributed by atoms with Gasteiger partial charge in [0.25, 0.3) is 0 Å². The lowest BCUT2D eigenvalue weighted by Gasteiger charge is -2.09. The lowest BCUT2D eigenvalue weighted by atomic mass is 10.1. The van der Waals surface area contributed by atoms with Crippen LogP contribution in [0, 0.1) is 0 Å². The molecule has 0 aliphatic carbocycles. The van der Waals surface area contributed by atoms with Crippen LogP contribution in [0.25, 0.3) is 0 Å². The van der Waals surface area contributed by atoms with Gasteiger partial charge in [0.15, 0.2) is 0 Å². The van der Waals surface area contributed by atoms with Gasteiger partial charge in [0.05, 0.1) is 13.7 Å². The Kier molecular flexibility index (Phi) is 5.53. The predicted octanol–water partition coefficient (Wildman–Crippen LogP) is 2.53. The van der Waals surface area contributed by atoms with Gasteiger partial charge in [-0.05, 0) is 17.2 Å². The minimum Gasteiger partial charge on any atom is -0.481 e. The minimum atomic E-state index is 0.643. The molecule has 2 rings (SSSR count). The molecule has 1 aromatic carbocycles. The Morgan fingerprint density at radius 3 is 2.70 bits per heavy atom. The molecule has 0 aliphatic heterocycles. The number of benzene rings is 1. The standard InChI is InChI=1S/C16H20N2O2/c1-19-12-14-6-3-5-13(9-14)10-17-11-15-7-4-8-18-16(15)20-2/h3-9,17H,10-12H2,1-2H3. The van der Waals surface area contributed by atoms with Crippen LogP contribution < -0.4 is 10.1 Å². The van der Waals surface area contributed by atoms with Crippen LogP contribution in [-0.2, 0) is 24.4 Å². The van der Waals surface area contributed by atoms with E-state index in [1.54, 1.807) is 20.4 Å². The number of nitrogens with one attached hydrogen (secondary N) is 1. The van der Waals surface area contributed by atoms with E-state index in [-0.39, 0.29) is 0 Å². The topological polar surface area (TPSA) is 43.4 Å². The first-order chi connectivity index (χ1) is 9.83. The predicted molar refractivity (Wildman–Crippen MR) is 78.5 cm³/mol. The van der Waals surface area contributed by atoms with Crippen molar-refractivity contribution in [2.24, 2.45) is 0 Å². The number of methoxy groups -OCH3 is 2. The number of hydrogen-bond donors (Lipinski definition) is 1. The molecular weight excluding hydrogens is 252 g/mol. The van der Waals surface area contributed by atoms with E-state index >= 15 is 0 Å². The first-order valence-electron chi connectivity index (χ1n) is 6.59. The van der Waals surface area contributed by atoms with Gasteiger partial charge >= 0.3 is 0 Å². The van der Waals surface area contributed by atoms with E-state index in [0.717, 1.165) is 18.7 Å². The molecule has 1 aromatic heterocycles. The van der Waals surface area contributed by atoms with Crippen LogP contribution in [-0.4, -0.2) is 19.2 Å². The Bertz CT molecular complexity index is 544. The summed E-state index contributed by atoms with van der Waals surface area (Å²) in [5.74, 6) is 0.674. The van der Waals surface area contributed by atoms with Gasteiger partial charge in [-0.25, -0.2) is 4.98 Å². The van der Waals surface area contributed by atoms with Crippen LogP contribution in [0.5, 0.6) is 5.88 Å². The highest BCUT2D eigenvalue weighted by atomic mass is 16.5. The van der Waals surface area contributed by atoms with Gasteiger partial charge in [0.2, 0.25) is 5.88 Å². The third kappa shape index (κ3) is 4.05. The van der Waals surface area contributed by atoms with Crippen molar-refractivity contribution < 1.29 is 9.47 Å². The molecule has 0 spiro atoms. The van der Waals surface area contributed by atoms with E-state index < -0.39 is 0 Å². The summed E-state index contributed by atoms with van der Waals surface area (Å²) in [5, 5.41) is 3.40. The molecule has 1 heterocycles. The van der Waals surface area contributed by atoms with Gasteiger partial charge in [-0.2, -0.15) is 0 Å². The first kappa shape index (κ1) is 14.5. The third-order valence-corrected chi connectivity index (χ3v) is 2.99. The number of pyridine rings is 1. The quantitative estimate of drug-likeness (QED) is 0.841. The minimum absolute atomic E-state index is 0.643. The zero-order valence-electron chi connectivity index (χ0n) is 11.9. The summed E-state index contributed by atoms with van der Waals surface area (Å²) in [6.07, 6.45) is 1.73. The van der Waals surface area contributed by atoms with Crippen LogP contribution in [0.1, 0.15) is 16.7 Å². The first-order valence-corrected chi connectivity index (χ1v) is 6.59. The fourth-order valence-electron chi connectivity index (χ4n) is 2.08. The maximum Gasteiger partial charge on any atom is 0.217 e. The number of ether oxygens (including phenoxy) is 2. The highest BCUT2D eigenvalue weighted by Gasteiger charge is 2.02. The molecule has 0 aliphatic rings. The summed E-state index contributed by atoms with van der Waals surface area (Å²) < 4.78 is 10.4. The summed E-state index contributed by atoms with van der Waals surface area (Å²) >= 11 is 0. The second-order valence-electron chi connectivity index (χ2n) is 4.53. The van der Waals surface area contributed by atoms with E-state index in [1.165, 1.54) is 11.1 Å². The van der Waals surface area contributed by atoms with Gasteiger partial charge in [-0.3, -0.25) is 0 Å². The highest BCUT2D eigenvalue weighted by Crippen LogP contribution is 2.13. The smallest absolute Gasteiger partial charge is 0.217 e. The van der Waals surface area contributed by atoms with E-state index in [2.05, 4.69) is 34.6 Å². The van der Waals surface area contributed by atoms with Crippen LogP contribution in [0.15, 0.2) is 42.6 Å². The Morgan fingerprint density at radius 1 is 1.05 bits per heavy atom. The SMILES string of the molecule is COCc1cccc(CNCc2cccnc2OC)c1. The second kappa shape index (κ2) is 7.62. The average molecular weight is 272 g/mol. The van der Waals surface area contributed by atoms with Crippen molar-refractivity contribution in [1.82, 2.24) is 10.3 Å². The summed E-state index contributed by atoms with van der Waals surface area (Å²) in [7, 11) is 3.35. The number of hydrogen-bond acceptors (Lipinski definition) is 4. The molecule has 0 unspecified atom stereocenters. The zero-order chi connectivity index (χ0) is 14.2. The number of aromatic nitrogens is 1. The maximum absolute atomic E-state index is 5.23. The number of nitrogens with zero attached hydrogens (tertiary/aromatic N) is 1. The molecule has 0 radical (unpaired) electrons. The van der Waals surface area contributed by atoms with Crippen molar-refractivity contribution in [3.05, 3.63) is 59.3 Å². The van der Waals surface area contributed by atoms with Crippen molar-refractivity contribution in [1.29, 1.82) is 0 Å².